The van der Waals surface area contributed by atoms with Crippen LogP contribution in [0.5, 0.6) is 0 Å². The SMILES string of the molecule is C=CCn1c(=O)n([C@@H]2O[C@H](CO)[C@@H](O)[C@H]2O)c2nc(N)nc(C)c21.C=O. The van der Waals surface area contributed by atoms with Gasteiger partial charge in [-0.15, -0.1) is 6.58 Å². The number of imidazole rings is 1. The number of carbonyl (C=O) groups is 1. The fraction of sp³-hybridized carbons (Fsp3) is 0.467. The van der Waals surface area contributed by atoms with E-state index in [4.69, 9.17) is 15.3 Å². The standard InChI is InChI=1S/C14H19N5O5.CH2O/c1-3-4-18-8-6(2)16-13(15)17-11(8)19(14(18)23)12-10(22)9(21)7(5-20)24-12;1-2/h3,7,9-10,12,20-22H,1,4-5H2,2H3,(H2,15,16,17);1H2/t7-,9-,10-,12-;/m1./s1. The number of ether oxygens (including phenoxy) is 1. The number of nitrogens with zero attached hydrogens (tertiary/aromatic N) is 4. The molecule has 1 fully saturated rings. The lowest BCUT2D eigenvalue weighted by molar-refractivity contribution is -0.0979. The summed E-state index contributed by atoms with van der Waals surface area (Å²) in [5.41, 5.74) is 6.28. The quantitative estimate of drug-likeness (QED) is 0.451. The van der Waals surface area contributed by atoms with Crippen LogP contribution in [0.2, 0.25) is 0 Å². The van der Waals surface area contributed by atoms with Crippen LogP contribution in [0.25, 0.3) is 11.2 Å². The molecule has 0 unspecified atom stereocenters. The molecular formula is C15H21N5O6. The van der Waals surface area contributed by atoms with Crippen molar-refractivity contribution in [2.24, 2.45) is 0 Å². The highest BCUT2D eigenvalue weighted by Crippen LogP contribution is 2.31. The van der Waals surface area contributed by atoms with Crippen LogP contribution >= 0.6 is 0 Å². The first kappa shape index (κ1) is 19.7. The molecule has 4 atom stereocenters. The zero-order valence-electron chi connectivity index (χ0n) is 14.1. The van der Waals surface area contributed by atoms with Gasteiger partial charge in [-0.25, -0.2) is 14.3 Å². The van der Waals surface area contributed by atoms with E-state index in [-0.39, 0.29) is 18.1 Å². The van der Waals surface area contributed by atoms with Crippen molar-refractivity contribution in [3.63, 3.8) is 0 Å². The first-order valence-corrected chi connectivity index (χ1v) is 7.67. The molecule has 1 aliphatic heterocycles. The van der Waals surface area contributed by atoms with E-state index >= 15 is 0 Å². The second-order valence-corrected chi connectivity index (χ2v) is 5.62. The van der Waals surface area contributed by atoms with E-state index < -0.39 is 36.8 Å². The first-order chi connectivity index (χ1) is 12.4. The Morgan fingerprint density at radius 3 is 2.50 bits per heavy atom. The molecular weight excluding hydrogens is 346 g/mol. The molecule has 3 heterocycles. The molecule has 0 amide bonds. The fourth-order valence-corrected chi connectivity index (χ4v) is 2.99. The summed E-state index contributed by atoms with van der Waals surface area (Å²) in [6, 6.07) is 0. The van der Waals surface area contributed by atoms with Crippen molar-refractivity contribution in [2.75, 3.05) is 12.3 Å². The van der Waals surface area contributed by atoms with Crippen molar-refractivity contribution >= 4 is 23.9 Å². The topological polar surface area (TPSA) is 166 Å². The highest BCUT2D eigenvalue weighted by Gasteiger charge is 2.45. The number of carbonyl (C=O) groups excluding carboxylic acids is 1. The number of hydrogen-bond donors (Lipinski definition) is 4. The van der Waals surface area contributed by atoms with E-state index in [2.05, 4.69) is 16.5 Å². The van der Waals surface area contributed by atoms with Crippen LogP contribution in [0.4, 0.5) is 5.95 Å². The van der Waals surface area contributed by atoms with Gasteiger partial charge >= 0.3 is 5.69 Å². The summed E-state index contributed by atoms with van der Waals surface area (Å²) in [5.74, 6) is -0.0313. The number of aromatic nitrogens is 4. The maximum atomic E-state index is 12.8. The van der Waals surface area contributed by atoms with E-state index in [1.807, 2.05) is 6.79 Å². The molecule has 11 heteroatoms. The monoisotopic (exact) mass is 367 g/mol. The molecule has 0 aromatic carbocycles. The lowest BCUT2D eigenvalue weighted by Crippen LogP contribution is -2.36. The van der Waals surface area contributed by atoms with Crippen LogP contribution in [0.15, 0.2) is 17.4 Å². The second-order valence-electron chi connectivity index (χ2n) is 5.62. The number of aryl methyl sites for hydroxylation is 1. The van der Waals surface area contributed by atoms with Crippen LogP contribution in [0.1, 0.15) is 11.9 Å². The first-order valence-electron chi connectivity index (χ1n) is 7.67. The Kier molecular flexibility index (Phi) is 5.87. The van der Waals surface area contributed by atoms with Crippen molar-refractivity contribution in [1.82, 2.24) is 19.1 Å². The van der Waals surface area contributed by atoms with Gasteiger partial charge in [0.25, 0.3) is 0 Å². The van der Waals surface area contributed by atoms with E-state index in [9.17, 15) is 20.1 Å². The average Bonchev–Trinajstić information content (AvgIpc) is 3.05. The van der Waals surface area contributed by atoms with E-state index in [0.717, 1.165) is 4.57 Å². The summed E-state index contributed by atoms with van der Waals surface area (Å²) in [6.45, 7) is 7.01. The van der Waals surface area contributed by atoms with Crippen molar-refractivity contribution in [3.05, 3.63) is 28.8 Å². The van der Waals surface area contributed by atoms with Gasteiger partial charge in [0.1, 0.15) is 30.6 Å². The van der Waals surface area contributed by atoms with Gasteiger partial charge in [-0.05, 0) is 6.92 Å². The molecule has 0 saturated carbocycles. The highest BCUT2D eigenvalue weighted by molar-refractivity contribution is 5.75. The largest absolute Gasteiger partial charge is 0.394 e. The molecule has 26 heavy (non-hydrogen) atoms. The number of nitrogens with two attached hydrogens (primary N) is 1. The molecule has 1 aliphatic rings. The van der Waals surface area contributed by atoms with Crippen molar-refractivity contribution in [1.29, 1.82) is 0 Å². The van der Waals surface area contributed by atoms with Gasteiger partial charge in [0.2, 0.25) is 5.95 Å². The number of aliphatic hydroxyl groups excluding tert-OH is 3. The van der Waals surface area contributed by atoms with Gasteiger partial charge in [-0.3, -0.25) is 4.57 Å². The lowest BCUT2D eigenvalue weighted by atomic mass is 10.1. The number of aliphatic hydroxyl groups is 3. The number of hydrogen-bond acceptors (Lipinski definition) is 9. The lowest BCUT2D eigenvalue weighted by Gasteiger charge is -2.15. The molecule has 0 spiro atoms. The number of nitrogen functional groups attached to an aromatic ring is 1. The molecule has 3 rings (SSSR count). The van der Waals surface area contributed by atoms with E-state index in [1.165, 1.54) is 10.6 Å². The molecule has 1 saturated heterocycles. The number of fused-ring (bicyclic) bond motifs is 1. The summed E-state index contributed by atoms with van der Waals surface area (Å²) in [5, 5.41) is 29.4. The van der Waals surface area contributed by atoms with Gasteiger partial charge in [0, 0.05) is 6.54 Å². The summed E-state index contributed by atoms with van der Waals surface area (Å²) in [4.78, 5) is 29.0. The predicted molar refractivity (Wildman–Crippen MR) is 91.3 cm³/mol. The minimum atomic E-state index is -1.40. The zero-order valence-corrected chi connectivity index (χ0v) is 14.1. The summed E-state index contributed by atoms with van der Waals surface area (Å²) >= 11 is 0. The Balaban J connectivity index is 0.00000117. The maximum absolute atomic E-state index is 12.8. The normalized spacial score (nSPS) is 25.1. The second kappa shape index (κ2) is 7.74. The van der Waals surface area contributed by atoms with Crippen LogP contribution < -0.4 is 11.4 Å². The summed E-state index contributed by atoms with van der Waals surface area (Å²) in [6.07, 6.45) is -3.40. The zero-order chi connectivity index (χ0) is 19.6. The molecule has 0 bridgehead atoms. The fourth-order valence-electron chi connectivity index (χ4n) is 2.99. The maximum Gasteiger partial charge on any atom is 0.332 e. The molecule has 142 valence electrons. The number of anilines is 1. The number of rotatable bonds is 4. The van der Waals surface area contributed by atoms with Crippen LogP contribution in [-0.2, 0) is 16.1 Å². The Labute approximate surface area is 148 Å². The molecule has 5 N–H and O–H groups in total. The third-order valence-corrected chi connectivity index (χ3v) is 4.08. The van der Waals surface area contributed by atoms with Crippen molar-refractivity contribution in [3.8, 4) is 0 Å². The van der Waals surface area contributed by atoms with Crippen molar-refractivity contribution < 1.29 is 24.9 Å². The average molecular weight is 367 g/mol. The highest BCUT2D eigenvalue weighted by atomic mass is 16.6. The van der Waals surface area contributed by atoms with Gasteiger partial charge in [0.15, 0.2) is 11.9 Å². The number of allylic oxidation sites excluding steroid dienone is 1. The van der Waals surface area contributed by atoms with Gasteiger partial charge in [-0.2, -0.15) is 4.98 Å². The molecule has 2 aromatic heterocycles. The predicted octanol–water partition coefficient (Wildman–Crippen LogP) is -1.90. The molecule has 0 radical (unpaired) electrons. The van der Waals surface area contributed by atoms with Crippen LogP contribution in [0, 0.1) is 6.92 Å². The van der Waals surface area contributed by atoms with Crippen molar-refractivity contribution in [2.45, 2.75) is 38.0 Å². The van der Waals surface area contributed by atoms with E-state index in [1.54, 1.807) is 6.92 Å². The molecule has 2 aromatic rings. The Bertz CT molecular complexity index is 862. The molecule has 11 nitrogen and oxygen atoms in total. The Morgan fingerprint density at radius 2 is 1.96 bits per heavy atom. The third-order valence-electron chi connectivity index (χ3n) is 4.08. The van der Waals surface area contributed by atoms with E-state index in [0.29, 0.717) is 11.2 Å². The van der Waals surface area contributed by atoms with Gasteiger partial charge in [0.05, 0.1) is 12.3 Å². The Morgan fingerprint density at radius 1 is 1.31 bits per heavy atom. The smallest absolute Gasteiger partial charge is 0.332 e. The summed E-state index contributed by atoms with van der Waals surface area (Å²) in [7, 11) is 0. The van der Waals surface area contributed by atoms with Gasteiger partial charge in [-0.1, -0.05) is 6.08 Å². The van der Waals surface area contributed by atoms with Crippen LogP contribution in [0.3, 0.4) is 0 Å². The Hall–Kier alpha value is -2.60. The third kappa shape index (κ3) is 3.01. The minimum absolute atomic E-state index is 0.0313. The molecule has 0 aliphatic carbocycles. The van der Waals surface area contributed by atoms with Crippen LogP contribution in [-0.4, -0.2) is 66.1 Å². The minimum Gasteiger partial charge on any atom is -0.394 e. The van der Waals surface area contributed by atoms with Gasteiger partial charge < -0.3 is 30.6 Å². The summed E-state index contributed by atoms with van der Waals surface area (Å²) < 4.78 is 7.95.